The van der Waals surface area contributed by atoms with Gasteiger partial charge in [0.2, 0.25) is 0 Å². The molecule has 3 N–H and O–H groups in total. The van der Waals surface area contributed by atoms with Crippen LogP contribution in [0, 0.1) is 0 Å². The summed E-state index contributed by atoms with van der Waals surface area (Å²) in [5.41, 5.74) is 5.06. The molecule has 1 aromatic carbocycles. The van der Waals surface area contributed by atoms with Gasteiger partial charge in [-0.2, -0.15) is 0 Å². The molecule has 7 heteroatoms. The number of carbonyl (C=O) groups is 1. The molecule has 0 aromatic heterocycles. The molecule has 0 bridgehead atoms. The van der Waals surface area contributed by atoms with Crippen molar-refractivity contribution in [2.24, 2.45) is 5.73 Å². The monoisotopic (exact) mass is 300 g/mol. The number of amides is 1. The van der Waals surface area contributed by atoms with Crippen molar-refractivity contribution in [2.75, 3.05) is 6.26 Å². The smallest absolute Gasteiger partial charge is 0.252 e. The summed E-state index contributed by atoms with van der Waals surface area (Å²) in [6, 6.07) is 5.67. The van der Waals surface area contributed by atoms with Crippen LogP contribution in [-0.2, 0) is 9.84 Å². The second kappa shape index (κ2) is 5.26. The summed E-state index contributed by atoms with van der Waals surface area (Å²) in [5.74, 6) is -0.363. The Morgan fingerprint density at radius 2 is 1.74 bits per heavy atom. The van der Waals surface area contributed by atoms with Crippen LogP contribution in [0.15, 0.2) is 29.2 Å². The number of sulfone groups is 1. The minimum atomic E-state index is -3.27. The molecular formula is C12H16N2O3S2. The van der Waals surface area contributed by atoms with E-state index in [-0.39, 0.29) is 15.8 Å². The highest BCUT2D eigenvalue weighted by atomic mass is 32.2. The molecule has 0 heterocycles. The van der Waals surface area contributed by atoms with E-state index in [9.17, 15) is 13.2 Å². The fraction of sp³-hybridized carbons (Fsp3) is 0.333. The van der Waals surface area contributed by atoms with Crippen LogP contribution in [-0.4, -0.2) is 31.1 Å². The lowest BCUT2D eigenvalue weighted by atomic mass is 10.1. The lowest BCUT2D eigenvalue weighted by molar-refractivity contribution is 0.0932. The van der Waals surface area contributed by atoms with Crippen molar-refractivity contribution in [3.63, 3.8) is 0 Å². The van der Waals surface area contributed by atoms with Crippen LogP contribution in [0.4, 0.5) is 0 Å². The van der Waals surface area contributed by atoms with Gasteiger partial charge in [0.1, 0.15) is 0 Å². The fourth-order valence-corrected chi connectivity index (χ4v) is 1.95. The van der Waals surface area contributed by atoms with Crippen LogP contribution in [0.5, 0.6) is 0 Å². The van der Waals surface area contributed by atoms with E-state index in [2.05, 4.69) is 5.32 Å². The molecule has 0 aliphatic rings. The van der Waals surface area contributed by atoms with Gasteiger partial charge in [-0.1, -0.05) is 12.2 Å². The van der Waals surface area contributed by atoms with E-state index in [0.29, 0.717) is 5.56 Å². The molecule has 104 valence electrons. The van der Waals surface area contributed by atoms with Crippen molar-refractivity contribution in [1.82, 2.24) is 5.32 Å². The second-order valence-electron chi connectivity index (χ2n) is 4.74. The van der Waals surface area contributed by atoms with Gasteiger partial charge in [0, 0.05) is 11.8 Å². The molecule has 1 aromatic rings. The maximum atomic E-state index is 11.9. The molecule has 0 atom stereocenters. The Kier molecular flexibility index (Phi) is 4.32. The second-order valence-corrected chi connectivity index (χ2v) is 7.20. The zero-order chi connectivity index (χ0) is 14.8. The SMILES string of the molecule is CC(C)(NC(=O)c1ccc(S(C)(=O)=O)cc1)C(N)=S. The van der Waals surface area contributed by atoms with Crippen LogP contribution in [0.2, 0.25) is 0 Å². The third-order valence-electron chi connectivity index (χ3n) is 2.59. The van der Waals surface area contributed by atoms with E-state index in [1.807, 2.05) is 0 Å². The van der Waals surface area contributed by atoms with Gasteiger partial charge in [0.15, 0.2) is 9.84 Å². The van der Waals surface area contributed by atoms with E-state index in [4.69, 9.17) is 18.0 Å². The molecule has 0 saturated carbocycles. The first-order valence-corrected chi connectivity index (χ1v) is 7.76. The van der Waals surface area contributed by atoms with Gasteiger partial charge in [-0.15, -0.1) is 0 Å². The molecule has 0 saturated heterocycles. The van der Waals surface area contributed by atoms with Gasteiger partial charge >= 0.3 is 0 Å². The number of thiocarbonyl (C=S) groups is 1. The summed E-state index contributed by atoms with van der Waals surface area (Å²) in [6.07, 6.45) is 1.11. The molecule has 0 aliphatic heterocycles. The minimum Gasteiger partial charge on any atom is -0.391 e. The van der Waals surface area contributed by atoms with Gasteiger partial charge in [0.05, 0.1) is 15.4 Å². The maximum absolute atomic E-state index is 11.9. The third kappa shape index (κ3) is 4.00. The predicted molar refractivity (Wildman–Crippen MR) is 77.9 cm³/mol. The van der Waals surface area contributed by atoms with Crippen LogP contribution in [0.1, 0.15) is 24.2 Å². The van der Waals surface area contributed by atoms with Crippen molar-refractivity contribution < 1.29 is 13.2 Å². The van der Waals surface area contributed by atoms with Gasteiger partial charge in [0.25, 0.3) is 5.91 Å². The summed E-state index contributed by atoms with van der Waals surface area (Å²) in [7, 11) is -3.27. The first kappa shape index (κ1) is 15.6. The average molecular weight is 300 g/mol. The third-order valence-corrected chi connectivity index (χ3v) is 4.23. The van der Waals surface area contributed by atoms with E-state index < -0.39 is 15.4 Å². The molecule has 0 radical (unpaired) electrons. The molecule has 1 rings (SSSR count). The average Bonchev–Trinajstić information content (AvgIpc) is 2.27. The highest BCUT2D eigenvalue weighted by Crippen LogP contribution is 2.11. The Hall–Kier alpha value is -1.47. The van der Waals surface area contributed by atoms with Gasteiger partial charge in [-0.25, -0.2) is 8.42 Å². The zero-order valence-electron chi connectivity index (χ0n) is 10.9. The zero-order valence-corrected chi connectivity index (χ0v) is 12.6. The summed E-state index contributed by atoms with van der Waals surface area (Å²) >= 11 is 4.85. The largest absolute Gasteiger partial charge is 0.391 e. The van der Waals surface area contributed by atoms with Crippen LogP contribution >= 0.6 is 12.2 Å². The molecule has 5 nitrogen and oxygen atoms in total. The lowest BCUT2D eigenvalue weighted by Gasteiger charge is -2.24. The number of rotatable bonds is 4. The topological polar surface area (TPSA) is 89.3 Å². The molecule has 1 amide bonds. The molecule has 0 unspecified atom stereocenters. The van der Waals surface area contributed by atoms with E-state index in [0.717, 1.165) is 6.26 Å². The number of nitrogens with two attached hydrogens (primary N) is 1. The van der Waals surface area contributed by atoms with Crippen molar-refractivity contribution in [3.05, 3.63) is 29.8 Å². The molecule has 0 fully saturated rings. The first-order chi connectivity index (χ1) is 8.54. The number of hydrogen-bond donors (Lipinski definition) is 2. The predicted octanol–water partition coefficient (Wildman–Crippen LogP) is 0.885. The number of benzene rings is 1. The highest BCUT2D eigenvalue weighted by Gasteiger charge is 2.24. The summed E-state index contributed by atoms with van der Waals surface area (Å²) in [6.45, 7) is 3.39. The first-order valence-electron chi connectivity index (χ1n) is 5.46. The number of carbonyl (C=O) groups excluding carboxylic acids is 1. The quantitative estimate of drug-likeness (QED) is 0.806. The minimum absolute atomic E-state index is 0.164. The van der Waals surface area contributed by atoms with Crippen molar-refractivity contribution in [2.45, 2.75) is 24.3 Å². The maximum Gasteiger partial charge on any atom is 0.252 e. The van der Waals surface area contributed by atoms with Crippen molar-refractivity contribution >= 4 is 33.0 Å². The van der Waals surface area contributed by atoms with Gasteiger partial charge in [-0.05, 0) is 38.1 Å². The molecule has 19 heavy (non-hydrogen) atoms. The van der Waals surface area contributed by atoms with Crippen LogP contribution in [0.3, 0.4) is 0 Å². The Labute approximate surface area is 118 Å². The molecule has 0 aliphatic carbocycles. The lowest BCUT2D eigenvalue weighted by Crippen LogP contribution is -2.52. The van der Waals surface area contributed by atoms with Crippen LogP contribution in [0.25, 0.3) is 0 Å². The summed E-state index contributed by atoms with van der Waals surface area (Å²) in [4.78, 5) is 12.3. The van der Waals surface area contributed by atoms with Gasteiger partial charge < -0.3 is 11.1 Å². The fourth-order valence-electron chi connectivity index (χ4n) is 1.27. The number of hydrogen-bond acceptors (Lipinski definition) is 4. The normalized spacial score (nSPS) is 11.9. The van der Waals surface area contributed by atoms with Crippen LogP contribution < -0.4 is 11.1 Å². The van der Waals surface area contributed by atoms with E-state index in [1.54, 1.807) is 13.8 Å². The Morgan fingerprint density at radius 1 is 1.26 bits per heavy atom. The Balaban J connectivity index is 2.94. The summed E-state index contributed by atoms with van der Waals surface area (Å²) in [5, 5.41) is 2.68. The molecule has 0 spiro atoms. The van der Waals surface area contributed by atoms with Crippen molar-refractivity contribution in [1.29, 1.82) is 0 Å². The van der Waals surface area contributed by atoms with Gasteiger partial charge in [-0.3, -0.25) is 4.79 Å². The standard InChI is InChI=1S/C12H16N2O3S2/c1-12(2,11(13)18)14-10(15)8-4-6-9(7-5-8)19(3,16)17/h4-7H,1-3H3,(H2,13,18)(H,14,15). The van der Waals surface area contributed by atoms with Crippen molar-refractivity contribution in [3.8, 4) is 0 Å². The number of nitrogens with one attached hydrogen (secondary N) is 1. The summed E-state index contributed by atoms with van der Waals surface area (Å²) < 4.78 is 22.6. The highest BCUT2D eigenvalue weighted by molar-refractivity contribution is 7.90. The van der Waals surface area contributed by atoms with E-state index in [1.165, 1.54) is 24.3 Å². The molecular weight excluding hydrogens is 284 g/mol. The Morgan fingerprint density at radius 3 is 2.11 bits per heavy atom. The Bertz CT molecular complexity index is 604. The van der Waals surface area contributed by atoms with E-state index >= 15 is 0 Å².